The molecule has 1 fully saturated rings. The van der Waals surface area contributed by atoms with E-state index < -0.39 is 0 Å². The van der Waals surface area contributed by atoms with Crippen LogP contribution in [0.15, 0.2) is 47.3 Å². The van der Waals surface area contributed by atoms with Crippen LogP contribution in [0.1, 0.15) is 16.8 Å². The molecule has 0 radical (unpaired) electrons. The molecule has 0 saturated carbocycles. The number of aromatic amines is 1. The van der Waals surface area contributed by atoms with Crippen molar-refractivity contribution < 1.29 is 9.59 Å². The van der Waals surface area contributed by atoms with Gasteiger partial charge in [0.1, 0.15) is 0 Å². The van der Waals surface area contributed by atoms with Crippen molar-refractivity contribution in [1.29, 1.82) is 0 Å². The number of aromatic nitrogens is 2. The summed E-state index contributed by atoms with van der Waals surface area (Å²) in [5.74, 6) is -0.146. The maximum Gasteiger partial charge on any atom is 0.321 e. The van der Waals surface area contributed by atoms with Crippen LogP contribution in [-0.2, 0) is 7.05 Å². The molecule has 32 heavy (non-hydrogen) atoms. The SMILES string of the molecule is Cn1c(=S)[nH]c2cc(C(=O)N3CCCN(C(=O)Nc4ccc(Cl)cc4)CC3)ccc2c1=O. The van der Waals surface area contributed by atoms with Crippen LogP contribution in [0.2, 0.25) is 5.02 Å². The normalized spacial score (nSPS) is 14.3. The third-order valence-corrected chi connectivity index (χ3v) is 6.14. The van der Waals surface area contributed by atoms with Gasteiger partial charge in [-0.25, -0.2) is 4.79 Å². The molecule has 3 amide bonds. The van der Waals surface area contributed by atoms with E-state index in [2.05, 4.69) is 10.3 Å². The first kappa shape index (κ1) is 22.0. The molecule has 1 saturated heterocycles. The van der Waals surface area contributed by atoms with Gasteiger partial charge in [-0.2, -0.15) is 0 Å². The van der Waals surface area contributed by atoms with Gasteiger partial charge < -0.3 is 20.1 Å². The lowest BCUT2D eigenvalue weighted by atomic mass is 10.1. The standard InChI is InChI=1S/C22H22ClN5O3S/c1-26-20(30)17-8-3-14(13-18(17)25-22(26)32)19(29)27-9-2-10-28(12-11-27)21(31)24-16-6-4-15(23)5-7-16/h3-8,13H,2,9-12H2,1H3,(H,24,31)(H,25,32). The lowest BCUT2D eigenvalue weighted by Crippen LogP contribution is -2.39. The Morgan fingerprint density at radius 1 is 1.03 bits per heavy atom. The number of fused-ring (bicyclic) bond motifs is 1. The highest BCUT2D eigenvalue weighted by atomic mass is 35.5. The highest BCUT2D eigenvalue weighted by Gasteiger charge is 2.23. The molecule has 3 aromatic rings. The summed E-state index contributed by atoms with van der Waals surface area (Å²) in [7, 11) is 1.60. The predicted octanol–water partition coefficient (Wildman–Crippen LogP) is 3.63. The summed E-state index contributed by atoms with van der Waals surface area (Å²) in [6.45, 7) is 1.91. The minimum absolute atomic E-state index is 0.146. The highest BCUT2D eigenvalue weighted by Crippen LogP contribution is 2.16. The minimum atomic E-state index is -0.212. The van der Waals surface area contributed by atoms with Crippen LogP contribution >= 0.6 is 23.8 Å². The second kappa shape index (κ2) is 9.13. The van der Waals surface area contributed by atoms with E-state index >= 15 is 0 Å². The second-order valence-electron chi connectivity index (χ2n) is 7.62. The van der Waals surface area contributed by atoms with Gasteiger partial charge in [0.05, 0.1) is 10.9 Å². The number of nitrogens with one attached hydrogen (secondary N) is 2. The summed E-state index contributed by atoms with van der Waals surface area (Å²) in [5.41, 5.74) is 1.45. The van der Waals surface area contributed by atoms with Crippen LogP contribution in [0.5, 0.6) is 0 Å². The fourth-order valence-electron chi connectivity index (χ4n) is 3.68. The number of carbonyl (C=O) groups is 2. The van der Waals surface area contributed by atoms with Gasteiger partial charge in [0.2, 0.25) is 0 Å². The van der Waals surface area contributed by atoms with Crippen molar-refractivity contribution in [1.82, 2.24) is 19.4 Å². The zero-order chi connectivity index (χ0) is 22.8. The van der Waals surface area contributed by atoms with E-state index in [1.807, 2.05) is 0 Å². The zero-order valence-corrected chi connectivity index (χ0v) is 19.0. The maximum atomic E-state index is 13.1. The van der Waals surface area contributed by atoms with E-state index in [0.29, 0.717) is 64.5 Å². The number of hydrogen-bond donors (Lipinski definition) is 2. The quantitative estimate of drug-likeness (QED) is 0.558. The Morgan fingerprint density at radius 3 is 2.47 bits per heavy atom. The van der Waals surface area contributed by atoms with Gasteiger partial charge in [-0.3, -0.25) is 14.2 Å². The van der Waals surface area contributed by atoms with E-state index in [4.69, 9.17) is 23.8 Å². The molecular weight excluding hydrogens is 450 g/mol. The molecule has 1 aliphatic heterocycles. The Hall–Kier alpha value is -3.17. The smallest absolute Gasteiger partial charge is 0.321 e. The number of halogens is 1. The van der Waals surface area contributed by atoms with Crippen molar-refractivity contribution in [2.45, 2.75) is 6.42 Å². The van der Waals surface area contributed by atoms with Gasteiger partial charge in [0.25, 0.3) is 11.5 Å². The number of benzene rings is 2. The van der Waals surface area contributed by atoms with Crippen molar-refractivity contribution in [3.63, 3.8) is 0 Å². The molecule has 0 spiro atoms. The van der Waals surface area contributed by atoms with Crippen LogP contribution < -0.4 is 10.9 Å². The number of urea groups is 1. The summed E-state index contributed by atoms with van der Waals surface area (Å²) in [6, 6.07) is 11.6. The van der Waals surface area contributed by atoms with E-state index in [1.165, 1.54) is 4.57 Å². The van der Waals surface area contributed by atoms with Gasteiger partial charge in [0.15, 0.2) is 4.77 Å². The first-order valence-corrected chi connectivity index (χ1v) is 11.0. The minimum Gasteiger partial charge on any atom is -0.337 e. The molecule has 0 atom stereocenters. The monoisotopic (exact) mass is 471 g/mol. The summed E-state index contributed by atoms with van der Waals surface area (Å²) >= 11 is 11.1. The summed E-state index contributed by atoms with van der Waals surface area (Å²) in [4.78, 5) is 44.5. The van der Waals surface area contributed by atoms with Gasteiger partial charge in [-0.1, -0.05) is 11.6 Å². The lowest BCUT2D eigenvalue weighted by molar-refractivity contribution is 0.0763. The highest BCUT2D eigenvalue weighted by molar-refractivity contribution is 7.71. The number of hydrogen-bond acceptors (Lipinski definition) is 4. The van der Waals surface area contributed by atoms with Crippen LogP contribution in [-0.4, -0.2) is 57.5 Å². The van der Waals surface area contributed by atoms with Crippen molar-refractivity contribution in [3.05, 3.63) is 68.2 Å². The third-order valence-electron chi connectivity index (χ3n) is 5.51. The Morgan fingerprint density at radius 2 is 1.72 bits per heavy atom. The molecule has 2 aromatic carbocycles. The average Bonchev–Trinajstić information content (AvgIpc) is 3.05. The van der Waals surface area contributed by atoms with Crippen molar-refractivity contribution in [3.8, 4) is 0 Å². The number of carbonyl (C=O) groups excluding carboxylic acids is 2. The Labute approximate surface area is 194 Å². The van der Waals surface area contributed by atoms with E-state index in [9.17, 15) is 14.4 Å². The van der Waals surface area contributed by atoms with Crippen LogP contribution in [0.3, 0.4) is 0 Å². The summed E-state index contributed by atoms with van der Waals surface area (Å²) < 4.78 is 1.65. The van der Waals surface area contributed by atoms with Crippen molar-refractivity contribution in [2.75, 3.05) is 31.5 Å². The topological polar surface area (TPSA) is 90.4 Å². The van der Waals surface area contributed by atoms with Crippen LogP contribution in [0.25, 0.3) is 10.9 Å². The van der Waals surface area contributed by atoms with Crippen molar-refractivity contribution in [2.24, 2.45) is 7.05 Å². The Balaban J connectivity index is 1.46. The van der Waals surface area contributed by atoms with Crippen LogP contribution in [0.4, 0.5) is 10.5 Å². The second-order valence-corrected chi connectivity index (χ2v) is 8.45. The average molecular weight is 472 g/mol. The first-order chi connectivity index (χ1) is 15.3. The van der Waals surface area contributed by atoms with Crippen molar-refractivity contribution >= 4 is 52.3 Å². The third kappa shape index (κ3) is 4.53. The van der Waals surface area contributed by atoms with E-state index in [0.717, 1.165) is 0 Å². The fourth-order valence-corrected chi connectivity index (χ4v) is 4.00. The molecule has 10 heteroatoms. The molecule has 1 aliphatic rings. The molecule has 1 aromatic heterocycles. The molecule has 0 bridgehead atoms. The molecule has 0 aliphatic carbocycles. The maximum absolute atomic E-state index is 13.1. The largest absolute Gasteiger partial charge is 0.337 e. The molecular formula is C22H22ClN5O3S. The van der Waals surface area contributed by atoms with Gasteiger partial charge in [-0.05, 0) is 61.1 Å². The molecule has 8 nitrogen and oxygen atoms in total. The fraction of sp³-hybridized carbons (Fsp3) is 0.273. The number of anilines is 1. The molecule has 166 valence electrons. The molecule has 0 unspecified atom stereocenters. The number of amides is 3. The van der Waals surface area contributed by atoms with E-state index in [1.54, 1.807) is 59.3 Å². The summed E-state index contributed by atoms with van der Waals surface area (Å²) in [5, 5.41) is 3.93. The number of nitrogens with zero attached hydrogens (tertiary/aromatic N) is 3. The predicted molar refractivity (Wildman–Crippen MR) is 127 cm³/mol. The van der Waals surface area contributed by atoms with Gasteiger partial charge >= 0.3 is 6.03 Å². The molecule has 2 heterocycles. The van der Waals surface area contributed by atoms with Gasteiger partial charge in [0, 0.05) is 49.5 Å². The Kier molecular flexibility index (Phi) is 6.29. The Bertz CT molecular complexity index is 1300. The lowest BCUT2D eigenvalue weighted by Gasteiger charge is -2.22. The van der Waals surface area contributed by atoms with Crippen LogP contribution in [0, 0.1) is 4.77 Å². The van der Waals surface area contributed by atoms with Gasteiger partial charge in [-0.15, -0.1) is 0 Å². The first-order valence-electron chi connectivity index (χ1n) is 10.2. The zero-order valence-electron chi connectivity index (χ0n) is 17.4. The molecule has 4 rings (SSSR count). The summed E-state index contributed by atoms with van der Waals surface area (Å²) in [6.07, 6.45) is 0.663. The number of H-pyrrole nitrogens is 1. The molecule has 2 N–H and O–H groups in total. The van der Waals surface area contributed by atoms with E-state index in [-0.39, 0.29) is 17.5 Å². The number of rotatable bonds is 2.